The number of ether oxygens (including phenoxy) is 1. The third kappa shape index (κ3) is 4.86. The summed E-state index contributed by atoms with van der Waals surface area (Å²) in [6.45, 7) is 5.01. The normalized spacial score (nSPS) is 16.2. The number of nitrogens with zero attached hydrogens (tertiary/aromatic N) is 3. The Morgan fingerprint density at radius 1 is 1.07 bits per heavy atom. The molecule has 1 atom stereocenters. The molecule has 2 heterocycles. The van der Waals surface area contributed by atoms with E-state index in [1.54, 1.807) is 12.4 Å². The Balaban J connectivity index is 1.52. The van der Waals surface area contributed by atoms with Crippen LogP contribution in [0.15, 0.2) is 79.1 Å². The van der Waals surface area contributed by atoms with E-state index >= 15 is 0 Å². The molecule has 0 spiro atoms. The Labute approximate surface area is 177 Å². The van der Waals surface area contributed by atoms with Crippen molar-refractivity contribution in [1.82, 2.24) is 14.8 Å². The van der Waals surface area contributed by atoms with Crippen LogP contribution in [0.5, 0.6) is 5.75 Å². The van der Waals surface area contributed by atoms with Crippen LogP contribution in [-0.4, -0.2) is 40.3 Å². The van der Waals surface area contributed by atoms with Gasteiger partial charge in [-0.05, 0) is 36.2 Å². The van der Waals surface area contributed by atoms with E-state index in [-0.39, 0.29) is 12.0 Å². The van der Waals surface area contributed by atoms with Gasteiger partial charge in [-0.25, -0.2) is 0 Å². The summed E-state index contributed by atoms with van der Waals surface area (Å²) < 4.78 is 6.36. The van der Waals surface area contributed by atoms with Gasteiger partial charge in [-0.2, -0.15) is 0 Å². The molecule has 0 radical (unpaired) electrons. The summed E-state index contributed by atoms with van der Waals surface area (Å²) in [4.78, 5) is 21.3. The Morgan fingerprint density at radius 3 is 2.57 bits per heavy atom. The summed E-state index contributed by atoms with van der Waals surface area (Å²) in [5, 5.41) is 0. The fourth-order valence-electron chi connectivity index (χ4n) is 3.82. The summed E-state index contributed by atoms with van der Waals surface area (Å²) in [5.41, 5.74) is 3.32. The summed E-state index contributed by atoms with van der Waals surface area (Å²) in [7, 11) is 0. The highest BCUT2D eigenvalue weighted by atomic mass is 16.5. The van der Waals surface area contributed by atoms with Gasteiger partial charge in [-0.1, -0.05) is 48.5 Å². The number of fused-ring (bicyclic) bond motifs is 1. The molecule has 30 heavy (non-hydrogen) atoms. The van der Waals surface area contributed by atoms with Crippen LogP contribution < -0.4 is 4.74 Å². The van der Waals surface area contributed by atoms with Crippen LogP contribution in [0.3, 0.4) is 0 Å². The maximum Gasteiger partial charge on any atom is 0.237 e. The van der Waals surface area contributed by atoms with Crippen molar-refractivity contribution in [2.75, 3.05) is 19.6 Å². The van der Waals surface area contributed by atoms with E-state index in [0.717, 1.165) is 22.4 Å². The highest BCUT2D eigenvalue weighted by molar-refractivity contribution is 5.78. The zero-order valence-corrected chi connectivity index (χ0v) is 17.3. The summed E-state index contributed by atoms with van der Waals surface area (Å²) >= 11 is 0. The Hall–Kier alpha value is -3.18. The third-order valence-electron chi connectivity index (χ3n) is 5.45. The van der Waals surface area contributed by atoms with Gasteiger partial charge < -0.3 is 9.64 Å². The molecular formula is C25H27N3O2. The molecule has 0 bridgehead atoms. The van der Waals surface area contributed by atoms with E-state index in [1.165, 1.54) is 0 Å². The minimum atomic E-state index is -0.113. The molecular weight excluding hydrogens is 374 g/mol. The molecule has 0 saturated heterocycles. The molecule has 0 N–H and O–H groups in total. The lowest BCUT2D eigenvalue weighted by Crippen LogP contribution is -2.41. The predicted molar refractivity (Wildman–Crippen MR) is 117 cm³/mol. The molecule has 0 fully saturated rings. The number of hydrogen-bond donors (Lipinski definition) is 0. The Kier molecular flexibility index (Phi) is 6.40. The number of carbonyl (C=O) groups excluding carboxylic acids is 1. The number of hydrogen-bond acceptors (Lipinski definition) is 4. The van der Waals surface area contributed by atoms with Gasteiger partial charge in [0.25, 0.3) is 0 Å². The summed E-state index contributed by atoms with van der Waals surface area (Å²) in [6.07, 6.45) is 3.42. The number of rotatable bonds is 6. The van der Waals surface area contributed by atoms with Gasteiger partial charge in [0, 0.05) is 44.1 Å². The van der Waals surface area contributed by atoms with Crippen LogP contribution in [0.4, 0.5) is 0 Å². The van der Waals surface area contributed by atoms with E-state index in [1.807, 2.05) is 60.4 Å². The average Bonchev–Trinajstić information content (AvgIpc) is 2.97. The number of para-hydroxylation sites is 1. The van der Waals surface area contributed by atoms with E-state index in [4.69, 9.17) is 4.74 Å². The molecule has 0 saturated carbocycles. The maximum atomic E-state index is 13.1. The van der Waals surface area contributed by atoms with E-state index in [9.17, 15) is 4.79 Å². The van der Waals surface area contributed by atoms with E-state index < -0.39 is 0 Å². The first-order valence-corrected chi connectivity index (χ1v) is 10.4. The molecule has 2 aromatic carbocycles. The zero-order chi connectivity index (χ0) is 20.8. The van der Waals surface area contributed by atoms with Crippen LogP contribution in [0.2, 0.25) is 0 Å². The topological polar surface area (TPSA) is 45.7 Å². The van der Waals surface area contributed by atoms with Crippen molar-refractivity contribution in [3.63, 3.8) is 0 Å². The van der Waals surface area contributed by atoms with Crippen LogP contribution >= 0.6 is 0 Å². The average molecular weight is 402 g/mol. The molecule has 1 aliphatic rings. The first-order chi connectivity index (χ1) is 14.7. The molecule has 154 valence electrons. The van der Waals surface area contributed by atoms with Crippen molar-refractivity contribution < 1.29 is 9.53 Å². The van der Waals surface area contributed by atoms with Crippen molar-refractivity contribution >= 4 is 5.91 Å². The van der Waals surface area contributed by atoms with Crippen molar-refractivity contribution in [2.24, 2.45) is 0 Å². The van der Waals surface area contributed by atoms with Crippen molar-refractivity contribution in [1.29, 1.82) is 0 Å². The minimum absolute atomic E-state index is 0.113. The fraction of sp³-hybridized carbons (Fsp3) is 0.280. The zero-order valence-electron chi connectivity index (χ0n) is 17.3. The lowest BCUT2D eigenvalue weighted by Gasteiger charge is -2.27. The van der Waals surface area contributed by atoms with Crippen LogP contribution in [-0.2, 0) is 17.9 Å². The molecule has 5 heteroatoms. The number of benzene rings is 2. The molecule has 3 aromatic rings. The second-order valence-corrected chi connectivity index (χ2v) is 7.56. The second-order valence-electron chi connectivity index (χ2n) is 7.56. The number of carbonyl (C=O) groups is 1. The third-order valence-corrected chi connectivity index (χ3v) is 5.45. The monoisotopic (exact) mass is 401 g/mol. The first-order valence-electron chi connectivity index (χ1n) is 10.4. The second kappa shape index (κ2) is 9.55. The number of amides is 1. The predicted octanol–water partition coefficient (Wildman–Crippen LogP) is 4.07. The van der Waals surface area contributed by atoms with Gasteiger partial charge in [0.05, 0.1) is 6.54 Å². The minimum Gasteiger partial charge on any atom is -0.484 e. The van der Waals surface area contributed by atoms with Gasteiger partial charge in [-0.3, -0.25) is 14.7 Å². The molecule has 0 aliphatic carbocycles. The summed E-state index contributed by atoms with van der Waals surface area (Å²) in [6, 6.07) is 22.2. The molecule has 1 aromatic heterocycles. The molecule has 5 nitrogen and oxygen atoms in total. The largest absolute Gasteiger partial charge is 0.484 e. The number of pyridine rings is 1. The lowest BCUT2D eigenvalue weighted by molar-refractivity contribution is -0.133. The maximum absolute atomic E-state index is 13.1. The van der Waals surface area contributed by atoms with Crippen molar-refractivity contribution in [2.45, 2.75) is 26.1 Å². The van der Waals surface area contributed by atoms with Gasteiger partial charge in [-0.15, -0.1) is 0 Å². The van der Waals surface area contributed by atoms with Gasteiger partial charge in [0.15, 0.2) is 0 Å². The highest BCUT2D eigenvalue weighted by Crippen LogP contribution is 2.31. The van der Waals surface area contributed by atoms with E-state index in [2.05, 4.69) is 28.1 Å². The van der Waals surface area contributed by atoms with Gasteiger partial charge in [0.2, 0.25) is 5.91 Å². The van der Waals surface area contributed by atoms with Gasteiger partial charge in [0.1, 0.15) is 11.9 Å². The number of likely N-dealkylation sites (N-methyl/N-ethyl adjacent to an activating group) is 1. The molecule has 1 unspecified atom stereocenters. The molecule has 1 amide bonds. The highest BCUT2D eigenvalue weighted by Gasteiger charge is 2.26. The summed E-state index contributed by atoms with van der Waals surface area (Å²) in [5.74, 6) is 1.02. The van der Waals surface area contributed by atoms with Crippen molar-refractivity contribution in [3.05, 3.63) is 95.8 Å². The quantitative estimate of drug-likeness (QED) is 0.625. The van der Waals surface area contributed by atoms with Crippen LogP contribution in [0.1, 0.15) is 29.7 Å². The molecule has 4 rings (SSSR count). The van der Waals surface area contributed by atoms with Crippen LogP contribution in [0.25, 0.3) is 0 Å². The standard InChI is InChI=1S/C25H27N3O2/c1-2-28(16-20-12-14-26-15-13-20)25(29)19-27-17-22-10-6-7-11-23(22)30-24(18-27)21-8-4-3-5-9-21/h3-15,24H,2,16-19H2,1H3. The SMILES string of the molecule is CCN(Cc1ccncc1)C(=O)CN1Cc2ccccc2OC(c2ccccc2)C1. The van der Waals surface area contributed by atoms with Crippen LogP contribution in [0, 0.1) is 0 Å². The molecule has 1 aliphatic heterocycles. The number of aromatic nitrogens is 1. The Bertz CT molecular complexity index is 962. The fourth-order valence-corrected chi connectivity index (χ4v) is 3.82. The van der Waals surface area contributed by atoms with E-state index in [0.29, 0.717) is 32.7 Å². The van der Waals surface area contributed by atoms with Gasteiger partial charge >= 0.3 is 0 Å². The Morgan fingerprint density at radius 2 is 1.80 bits per heavy atom. The lowest BCUT2D eigenvalue weighted by atomic mass is 10.1. The van der Waals surface area contributed by atoms with Crippen molar-refractivity contribution in [3.8, 4) is 5.75 Å². The smallest absolute Gasteiger partial charge is 0.237 e. The first kappa shape index (κ1) is 20.1.